The van der Waals surface area contributed by atoms with E-state index in [-0.39, 0.29) is 28.2 Å². The third kappa shape index (κ3) is 3.44. The lowest BCUT2D eigenvalue weighted by atomic mass is 10.1. The third-order valence-electron chi connectivity index (χ3n) is 5.37. The van der Waals surface area contributed by atoms with Crippen molar-refractivity contribution in [2.24, 2.45) is 0 Å². The second-order valence-electron chi connectivity index (χ2n) is 7.39. The highest BCUT2D eigenvalue weighted by molar-refractivity contribution is 6.38. The van der Waals surface area contributed by atoms with Gasteiger partial charge in [-0.25, -0.2) is 9.18 Å². The van der Waals surface area contributed by atoms with Crippen LogP contribution >= 0.6 is 11.6 Å². The Morgan fingerprint density at radius 2 is 2.03 bits per heavy atom. The van der Waals surface area contributed by atoms with Crippen molar-refractivity contribution in [2.75, 3.05) is 24.6 Å². The van der Waals surface area contributed by atoms with Gasteiger partial charge in [-0.2, -0.15) is 0 Å². The van der Waals surface area contributed by atoms with Crippen molar-refractivity contribution in [3.05, 3.63) is 38.9 Å². The predicted molar refractivity (Wildman–Crippen MR) is 104 cm³/mol. The number of nitrogens with one attached hydrogen (secondary N) is 1. The Labute approximate surface area is 169 Å². The van der Waals surface area contributed by atoms with E-state index in [4.69, 9.17) is 16.7 Å². The number of fused-ring (bicyclic) bond motifs is 1. The Balaban J connectivity index is 1.82. The molecule has 8 nitrogen and oxygen atoms in total. The molecular formula is C19H19ClFN3O5. The average molecular weight is 424 g/mol. The van der Waals surface area contributed by atoms with Gasteiger partial charge < -0.3 is 25.0 Å². The average Bonchev–Trinajstić information content (AvgIpc) is 3.42. The van der Waals surface area contributed by atoms with Crippen LogP contribution in [0.3, 0.4) is 0 Å². The number of amides is 1. The summed E-state index contributed by atoms with van der Waals surface area (Å²) in [6.45, 7) is 0.106. The second-order valence-corrected chi connectivity index (χ2v) is 7.77. The van der Waals surface area contributed by atoms with Crippen LogP contribution in [-0.4, -0.2) is 52.4 Å². The number of aromatic carboxylic acids is 1. The molecule has 0 bridgehead atoms. The van der Waals surface area contributed by atoms with E-state index >= 15 is 4.39 Å². The van der Waals surface area contributed by atoms with Crippen molar-refractivity contribution in [1.82, 2.24) is 9.88 Å². The lowest BCUT2D eigenvalue weighted by Gasteiger charge is -2.23. The summed E-state index contributed by atoms with van der Waals surface area (Å²) in [5.41, 5.74) is -0.743. The van der Waals surface area contributed by atoms with Gasteiger partial charge in [0.25, 0.3) is 0 Å². The topological polar surface area (TPSA) is 112 Å². The first-order chi connectivity index (χ1) is 13.8. The quantitative estimate of drug-likeness (QED) is 0.672. The number of carboxylic acids is 1. The number of benzene rings is 1. The number of hydrogen-bond acceptors (Lipinski definition) is 5. The summed E-state index contributed by atoms with van der Waals surface area (Å²) in [6.07, 6.45) is 3.47. The number of aliphatic hydroxyl groups is 1. The number of carbonyl (C=O) groups excluding carboxylic acids is 1. The van der Waals surface area contributed by atoms with E-state index in [0.29, 0.717) is 25.0 Å². The highest BCUT2D eigenvalue weighted by Crippen LogP contribution is 2.42. The van der Waals surface area contributed by atoms with E-state index in [9.17, 15) is 19.5 Å². The van der Waals surface area contributed by atoms with Crippen molar-refractivity contribution in [3.8, 4) is 0 Å². The molecule has 29 heavy (non-hydrogen) atoms. The van der Waals surface area contributed by atoms with Crippen LogP contribution in [0.1, 0.15) is 35.7 Å². The van der Waals surface area contributed by atoms with Gasteiger partial charge in [0.1, 0.15) is 18.0 Å². The van der Waals surface area contributed by atoms with Gasteiger partial charge in [0.15, 0.2) is 0 Å². The van der Waals surface area contributed by atoms with Crippen LogP contribution in [0.25, 0.3) is 10.9 Å². The lowest BCUT2D eigenvalue weighted by Crippen LogP contribution is -2.38. The highest BCUT2D eigenvalue weighted by atomic mass is 35.5. The van der Waals surface area contributed by atoms with Gasteiger partial charge in [0.05, 0.1) is 21.6 Å². The summed E-state index contributed by atoms with van der Waals surface area (Å²) in [4.78, 5) is 37.2. The number of carbonyl (C=O) groups is 2. The molecular weight excluding hydrogens is 405 g/mol. The van der Waals surface area contributed by atoms with E-state index in [1.807, 2.05) is 0 Å². The largest absolute Gasteiger partial charge is 0.477 e. The molecule has 1 amide bonds. The highest BCUT2D eigenvalue weighted by Gasteiger charge is 2.32. The van der Waals surface area contributed by atoms with Gasteiger partial charge in [-0.3, -0.25) is 9.59 Å². The number of carboxylic acid groups (broad SMARTS) is 1. The van der Waals surface area contributed by atoms with Gasteiger partial charge in [-0.05, 0) is 25.3 Å². The molecule has 1 aliphatic heterocycles. The summed E-state index contributed by atoms with van der Waals surface area (Å²) < 4.78 is 16.7. The van der Waals surface area contributed by atoms with E-state index in [0.717, 1.165) is 18.9 Å². The molecule has 2 heterocycles. The fourth-order valence-electron chi connectivity index (χ4n) is 3.87. The fraction of sp³-hybridized carbons (Fsp3) is 0.421. The molecule has 4 rings (SSSR count). The summed E-state index contributed by atoms with van der Waals surface area (Å²) >= 11 is 6.57. The Bertz CT molecular complexity index is 1080. The molecule has 1 aromatic carbocycles. The molecule has 1 saturated carbocycles. The van der Waals surface area contributed by atoms with Crippen LogP contribution in [0.5, 0.6) is 0 Å². The van der Waals surface area contributed by atoms with E-state index < -0.39 is 35.3 Å². The SMILES string of the molecule is O=C(CO)NC1CCN(c2c(F)cc3c(=O)c(C(=O)O)cn(C4CC4)c3c2Cl)C1. The van der Waals surface area contributed by atoms with Crippen LogP contribution < -0.4 is 15.6 Å². The smallest absolute Gasteiger partial charge is 0.341 e. The molecule has 2 aromatic rings. The molecule has 1 aliphatic carbocycles. The Morgan fingerprint density at radius 3 is 2.66 bits per heavy atom. The van der Waals surface area contributed by atoms with Crippen LogP contribution in [0, 0.1) is 5.82 Å². The molecule has 10 heteroatoms. The summed E-state index contributed by atoms with van der Waals surface area (Å²) in [5.74, 6) is -2.60. The number of aliphatic hydroxyl groups excluding tert-OH is 1. The normalized spacial score (nSPS) is 19.0. The molecule has 1 saturated heterocycles. The maximum atomic E-state index is 15.0. The maximum absolute atomic E-state index is 15.0. The fourth-order valence-corrected chi connectivity index (χ4v) is 4.28. The maximum Gasteiger partial charge on any atom is 0.341 e. The summed E-state index contributed by atoms with van der Waals surface area (Å²) in [6, 6.07) is 0.798. The van der Waals surface area contributed by atoms with E-state index in [2.05, 4.69) is 5.32 Å². The van der Waals surface area contributed by atoms with Crippen LogP contribution in [-0.2, 0) is 4.79 Å². The third-order valence-corrected chi connectivity index (χ3v) is 5.73. The van der Waals surface area contributed by atoms with Crippen LogP contribution in [0.15, 0.2) is 17.1 Å². The standard InChI is InChI=1S/C19H19ClFN3O5/c20-15-16-11(18(27)12(19(28)29)7-24(16)10-1-2-10)5-13(21)17(15)23-4-3-9(6-23)22-14(26)8-25/h5,7,9-10,25H,1-4,6,8H2,(H,22,26)(H,28,29). The zero-order chi connectivity index (χ0) is 20.9. The minimum Gasteiger partial charge on any atom is -0.477 e. The van der Waals surface area contributed by atoms with Crippen molar-refractivity contribution in [3.63, 3.8) is 0 Å². The Morgan fingerprint density at radius 1 is 1.31 bits per heavy atom. The van der Waals surface area contributed by atoms with Crippen molar-refractivity contribution in [1.29, 1.82) is 0 Å². The number of halogens is 2. The number of anilines is 1. The molecule has 2 aliphatic rings. The first-order valence-corrected chi connectivity index (χ1v) is 9.65. The minimum absolute atomic E-state index is 0.0159. The van der Waals surface area contributed by atoms with Gasteiger partial charge >= 0.3 is 5.97 Å². The molecule has 0 spiro atoms. The zero-order valence-electron chi connectivity index (χ0n) is 15.3. The Kier molecular flexibility index (Phi) is 4.95. The van der Waals surface area contributed by atoms with Crippen LogP contribution in [0.4, 0.5) is 10.1 Å². The minimum atomic E-state index is -1.37. The van der Waals surface area contributed by atoms with Crippen molar-refractivity contribution < 1.29 is 24.2 Å². The summed E-state index contributed by atoms with van der Waals surface area (Å²) in [7, 11) is 0. The number of pyridine rings is 1. The molecule has 1 aromatic heterocycles. The predicted octanol–water partition coefficient (Wildman–Crippen LogP) is 1.51. The zero-order valence-corrected chi connectivity index (χ0v) is 16.1. The number of hydrogen-bond donors (Lipinski definition) is 3. The van der Waals surface area contributed by atoms with Crippen molar-refractivity contribution >= 4 is 40.1 Å². The molecule has 2 fully saturated rings. The van der Waals surface area contributed by atoms with Gasteiger partial charge in [0, 0.05) is 31.4 Å². The molecule has 1 atom stereocenters. The van der Waals surface area contributed by atoms with Gasteiger partial charge in [0.2, 0.25) is 11.3 Å². The summed E-state index contributed by atoms with van der Waals surface area (Å²) in [5, 5.41) is 20.9. The van der Waals surface area contributed by atoms with Crippen LogP contribution in [0.2, 0.25) is 5.02 Å². The monoisotopic (exact) mass is 423 g/mol. The van der Waals surface area contributed by atoms with E-state index in [1.54, 1.807) is 9.47 Å². The molecule has 1 unspecified atom stereocenters. The molecule has 3 N–H and O–H groups in total. The van der Waals surface area contributed by atoms with Crippen molar-refractivity contribution in [2.45, 2.75) is 31.3 Å². The first-order valence-electron chi connectivity index (χ1n) is 9.27. The van der Waals surface area contributed by atoms with Gasteiger partial charge in [-0.1, -0.05) is 11.6 Å². The number of nitrogens with zero attached hydrogens (tertiary/aromatic N) is 2. The van der Waals surface area contributed by atoms with E-state index in [1.165, 1.54) is 6.20 Å². The second kappa shape index (κ2) is 7.31. The number of rotatable bonds is 5. The lowest BCUT2D eigenvalue weighted by molar-refractivity contribution is -0.124. The Hall–Kier alpha value is -2.65. The number of aromatic nitrogens is 1. The van der Waals surface area contributed by atoms with Gasteiger partial charge in [-0.15, -0.1) is 0 Å². The molecule has 0 radical (unpaired) electrons. The first kappa shape index (κ1) is 19.7. The molecule has 154 valence electrons.